The quantitative estimate of drug-likeness (QED) is 0.711. The second kappa shape index (κ2) is 3.67. The minimum atomic E-state index is -4.68. The fourth-order valence-corrected chi connectivity index (χ4v) is 1.56. The molecule has 0 atom stereocenters. The molecule has 0 unspecified atom stereocenters. The Morgan fingerprint density at radius 1 is 1.31 bits per heavy atom. The van der Waals surface area contributed by atoms with Crippen LogP contribution in [0.25, 0.3) is 0 Å². The summed E-state index contributed by atoms with van der Waals surface area (Å²) in [4.78, 5) is 0. The Labute approximate surface area is 95.4 Å². The first-order chi connectivity index (χ1) is 7.09. The maximum absolute atomic E-state index is 12.5. The summed E-state index contributed by atoms with van der Waals surface area (Å²) in [5.74, 6) is 0. The van der Waals surface area contributed by atoms with E-state index in [0.717, 1.165) is 4.68 Å². The summed E-state index contributed by atoms with van der Waals surface area (Å²) in [6.07, 6.45) is -4.68. The Hall–Kier alpha value is -1.22. The predicted molar refractivity (Wildman–Crippen MR) is 52.0 cm³/mol. The van der Waals surface area contributed by atoms with Crippen molar-refractivity contribution in [1.82, 2.24) is 9.78 Å². The molecule has 0 aliphatic rings. The average molecular weight is 252 g/mol. The van der Waals surface area contributed by atoms with E-state index in [4.69, 9.17) is 16.9 Å². The van der Waals surface area contributed by atoms with Gasteiger partial charge in [0.2, 0.25) is 0 Å². The summed E-state index contributed by atoms with van der Waals surface area (Å²) >= 11 is 5.70. The Bertz CT molecular complexity index is 448. The van der Waals surface area contributed by atoms with E-state index in [1.165, 1.54) is 6.07 Å². The Balaban J connectivity index is 3.52. The smallest absolute Gasteiger partial charge is 0.247 e. The summed E-state index contributed by atoms with van der Waals surface area (Å²) in [7, 11) is 0. The van der Waals surface area contributed by atoms with Crippen molar-refractivity contribution in [3.8, 4) is 6.07 Å². The first-order valence-corrected chi connectivity index (χ1v) is 4.73. The zero-order valence-corrected chi connectivity index (χ0v) is 9.61. The molecule has 3 nitrogen and oxygen atoms in total. The van der Waals surface area contributed by atoms with Crippen molar-refractivity contribution in [2.24, 2.45) is 0 Å². The van der Waals surface area contributed by atoms with E-state index in [1.54, 1.807) is 20.8 Å². The van der Waals surface area contributed by atoms with E-state index >= 15 is 0 Å². The lowest BCUT2D eigenvalue weighted by molar-refractivity contribution is -0.141. The monoisotopic (exact) mass is 251 g/mol. The van der Waals surface area contributed by atoms with Crippen LogP contribution in [-0.2, 0) is 11.7 Å². The van der Waals surface area contributed by atoms with E-state index in [2.05, 4.69) is 5.10 Å². The van der Waals surface area contributed by atoms with Gasteiger partial charge in [0.25, 0.3) is 0 Å². The molecule has 1 heterocycles. The Morgan fingerprint density at radius 2 is 1.81 bits per heavy atom. The van der Waals surface area contributed by atoms with Gasteiger partial charge in [0.15, 0.2) is 5.69 Å². The number of nitriles is 1. The van der Waals surface area contributed by atoms with E-state index in [1.807, 2.05) is 0 Å². The highest BCUT2D eigenvalue weighted by atomic mass is 35.5. The van der Waals surface area contributed by atoms with Crippen molar-refractivity contribution in [1.29, 1.82) is 5.26 Å². The van der Waals surface area contributed by atoms with Gasteiger partial charge in [-0.25, -0.2) is 4.68 Å². The molecule has 1 aromatic heterocycles. The van der Waals surface area contributed by atoms with Crippen molar-refractivity contribution in [2.45, 2.75) is 32.5 Å². The Kier molecular flexibility index (Phi) is 2.94. The third kappa shape index (κ3) is 2.14. The highest BCUT2D eigenvalue weighted by molar-refractivity contribution is 6.30. The van der Waals surface area contributed by atoms with Crippen molar-refractivity contribution in [3.05, 3.63) is 16.4 Å². The minimum Gasteiger partial charge on any atom is -0.247 e. The largest absolute Gasteiger partial charge is 0.436 e. The number of nitrogens with zero attached hydrogens (tertiary/aromatic N) is 3. The van der Waals surface area contributed by atoms with Gasteiger partial charge >= 0.3 is 6.18 Å². The molecule has 0 spiro atoms. The number of alkyl halides is 3. The molecule has 0 amide bonds. The molecule has 1 aromatic rings. The molecular weight excluding hydrogens is 243 g/mol. The highest BCUT2D eigenvalue weighted by Crippen LogP contribution is 2.35. The van der Waals surface area contributed by atoms with Crippen LogP contribution in [0.1, 0.15) is 32.0 Å². The van der Waals surface area contributed by atoms with Crippen LogP contribution in [0.2, 0.25) is 5.15 Å². The number of hydrogen-bond acceptors (Lipinski definition) is 2. The van der Waals surface area contributed by atoms with Gasteiger partial charge in [0, 0.05) is 0 Å². The van der Waals surface area contributed by atoms with Crippen LogP contribution >= 0.6 is 11.6 Å². The highest BCUT2D eigenvalue weighted by Gasteiger charge is 2.40. The van der Waals surface area contributed by atoms with E-state index < -0.39 is 23.0 Å². The summed E-state index contributed by atoms with van der Waals surface area (Å²) < 4.78 is 38.6. The first kappa shape index (κ1) is 12.8. The second-order valence-electron chi connectivity index (χ2n) is 4.21. The molecule has 1 rings (SSSR count). The maximum atomic E-state index is 12.5. The molecule has 0 aliphatic carbocycles. The molecule has 88 valence electrons. The molecule has 0 fully saturated rings. The van der Waals surface area contributed by atoms with Gasteiger partial charge in [-0.2, -0.15) is 23.5 Å². The molecule has 7 heteroatoms. The van der Waals surface area contributed by atoms with Crippen LogP contribution in [0, 0.1) is 11.3 Å². The first-order valence-electron chi connectivity index (χ1n) is 4.35. The van der Waals surface area contributed by atoms with E-state index in [0.29, 0.717) is 0 Å². The van der Waals surface area contributed by atoms with E-state index in [9.17, 15) is 13.2 Å². The zero-order chi connectivity index (χ0) is 12.7. The average Bonchev–Trinajstić information content (AvgIpc) is 2.40. The molecule has 0 N–H and O–H groups in total. The van der Waals surface area contributed by atoms with Gasteiger partial charge < -0.3 is 0 Å². The van der Waals surface area contributed by atoms with Crippen LogP contribution in [0.15, 0.2) is 0 Å². The van der Waals surface area contributed by atoms with Crippen LogP contribution in [0.4, 0.5) is 13.2 Å². The van der Waals surface area contributed by atoms with Crippen LogP contribution in [0.3, 0.4) is 0 Å². The normalized spacial score (nSPS) is 12.6. The molecule has 0 aromatic carbocycles. The lowest BCUT2D eigenvalue weighted by Crippen LogP contribution is -2.24. The second-order valence-corrected chi connectivity index (χ2v) is 4.56. The fraction of sp³-hybridized carbons (Fsp3) is 0.556. The molecule has 0 saturated carbocycles. The predicted octanol–water partition coefficient (Wildman–Crippen LogP) is 3.18. The third-order valence-electron chi connectivity index (χ3n) is 1.84. The maximum Gasteiger partial charge on any atom is 0.436 e. The van der Waals surface area contributed by atoms with Gasteiger partial charge in [0.05, 0.1) is 5.54 Å². The van der Waals surface area contributed by atoms with Gasteiger partial charge in [-0.15, -0.1) is 0 Å². The van der Waals surface area contributed by atoms with Crippen LogP contribution in [-0.4, -0.2) is 9.78 Å². The van der Waals surface area contributed by atoms with Gasteiger partial charge in [-0.05, 0) is 20.8 Å². The Morgan fingerprint density at radius 3 is 2.06 bits per heavy atom. The lowest BCUT2D eigenvalue weighted by Gasteiger charge is -2.20. The van der Waals surface area contributed by atoms with Crippen molar-refractivity contribution in [3.63, 3.8) is 0 Å². The van der Waals surface area contributed by atoms with E-state index in [-0.39, 0.29) is 5.15 Å². The zero-order valence-electron chi connectivity index (χ0n) is 8.85. The van der Waals surface area contributed by atoms with Crippen molar-refractivity contribution < 1.29 is 13.2 Å². The van der Waals surface area contributed by atoms with Gasteiger partial charge in [0.1, 0.15) is 16.8 Å². The molecule has 0 radical (unpaired) electrons. The fourth-order valence-electron chi connectivity index (χ4n) is 1.14. The number of rotatable bonds is 0. The third-order valence-corrected chi connectivity index (χ3v) is 2.19. The minimum absolute atomic E-state index is 0.290. The molecular formula is C9H9ClF3N3. The lowest BCUT2D eigenvalue weighted by atomic mass is 10.1. The van der Waals surface area contributed by atoms with Gasteiger partial charge in [-0.1, -0.05) is 11.6 Å². The molecule has 0 saturated heterocycles. The van der Waals surface area contributed by atoms with Gasteiger partial charge in [-0.3, -0.25) is 0 Å². The molecule has 16 heavy (non-hydrogen) atoms. The summed E-state index contributed by atoms with van der Waals surface area (Å²) in [5.41, 5.74) is -2.59. The molecule has 0 aliphatic heterocycles. The van der Waals surface area contributed by atoms with Crippen LogP contribution < -0.4 is 0 Å². The summed E-state index contributed by atoms with van der Waals surface area (Å²) in [5, 5.41) is 11.7. The topological polar surface area (TPSA) is 41.6 Å². The summed E-state index contributed by atoms with van der Waals surface area (Å²) in [6, 6.07) is 1.43. The van der Waals surface area contributed by atoms with Crippen LogP contribution in [0.5, 0.6) is 0 Å². The number of halogens is 4. The molecule has 0 bridgehead atoms. The standard InChI is InChI=1S/C9H9ClF3N3/c1-8(2,3)16-7(10)5(4-14)6(15-16)9(11,12)13/h1-3H3. The van der Waals surface area contributed by atoms with Crippen molar-refractivity contribution >= 4 is 11.6 Å². The SMILES string of the molecule is CC(C)(C)n1nc(C(F)(F)F)c(C#N)c1Cl. The summed E-state index contributed by atoms with van der Waals surface area (Å²) in [6.45, 7) is 4.94. The number of hydrogen-bond donors (Lipinski definition) is 0. The number of aromatic nitrogens is 2. The van der Waals surface area contributed by atoms with Crippen molar-refractivity contribution in [2.75, 3.05) is 0 Å².